The number of rotatable bonds is 2. The molecule has 1 aliphatic heterocycles. The molecular formula is C16H14Cl4N2S2. The van der Waals surface area contributed by atoms with Gasteiger partial charge in [0.2, 0.25) is 7.33 Å². The van der Waals surface area contributed by atoms with E-state index in [2.05, 4.69) is 0 Å². The molecule has 2 nitrogen and oxygen atoms in total. The molecule has 3 rings (SSSR count). The Labute approximate surface area is 170 Å². The smallest absolute Gasteiger partial charge is 0.214 e. The van der Waals surface area contributed by atoms with Gasteiger partial charge in [-0.1, -0.05) is 81.8 Å². The molecule has 2 aromatic carbocycles. The molecule has 0 amide bonds. The minimum Gasteiger partial charge on any atom is -0.214 e. The molecule has 1 aliphatic rings. The largest absolute Gasteiger partial charge is 0.227 e. The number of halogens is 4. The van der Waals surface area contributed by atoms with Gasteiger partial charge in [0.25, 0.3) is 0 Å². The van der Waals surface area contributed by atoms with Gasteiger partial charge < -0.3 is 0 Å². The van der Waals surface area contributed by atoms with Crippen LogP contribution in [0.3, 0.4) is 0 Å². The summed E-state index contributed by atoms with van der Waals surface area (Å²) in [5.74, 6) is 0. The average molecular weight is 440 g/mol. The standard InChI is InChI=1S/C16H14Cl4N2S2/c1-11-3-7-13(8-4-11)21-22(14-9-5-12(2)6-10-14)24-16(19,20)15(17,18)23-21/h3-10H,1-2H3. The molecule has 0 spiro atoms. The van der Waals surface area contributed by atoms with Gasteiger partial charge in [-0.15, -0.1) is 0 Å². The molecular weight excluding hydrogens is 426 g/mol. The van der Waals surface area contributed by atoms with E-state index in [1.807, 2.05) is 71.2 Å². The van der Waals surface area contributed by atoms with Crippen LogP contribution >= 0.6 is 70.3 Å². The first-order valence-corrected chi connectivity index (χ1v) is 10.1. The Hall–Kier alpha value is -0.100. The van der Waals surface area contributed by atoms with E-state index in [9.17, 15) is 0 Å². The number of benzene rings is 2. The zero-order valence-corrected chi connectivity index (χ0v) is 17.5. The lowest BCUT2D eigenvalue weighted by molar-refractivity contribution is 1.04. The minimum atomic E-state index is -1.41. The van der Waals surface area contributed by atoms with Crippen molar-refractivity contribution in [2.75, 3.05) is 8.83 Å². The van der Waals surface area contributed by atoms with Crippen molar-refractivity contribution in [3.05, 3.63) is 59.7 Å². The summed E-state index contributed by atoms with van der Waals surface area (Å²) in [7, 11) is 0. The number of aryl methyl sites for hydroxylation is 2. The van der Waals surface area contributed by atoms with Crippen LogP contribution in [0.4, 0.5) is 11.4 Å². The first-order chi connectivity index (χ1) is 11.2. The van der Waals surface area contributed by atoms with Crippen molar-refractivity contribution in [2.24, 2.45) is 0 Å². The first-order valence-electron chi connectivity index (χ1n) is 7.07. The average Bonchev–Trinajstić information content (AvgIpc) is 2.51. The summed E-state index contributed by atoms with van der Waals surface area (Å²) in [6.45, 7) is 4.07. The van der Waals surface area contributed by atoms with Crippen LogP contribution in [0.15, 0.2) is 48.5 Å². The van der Waals surface area contributed by atoms with E-state index in [0.717, 1.165) is 11.4 Å². The Morgan fingerprint density at radius 1 is 0.625 bits per heavy atom. The second kappa shape index (κ2) is 6.90. The topological polar surface area (TPSA) is 6.48 Å². The molecule has 128 valence electrons. The Morgan fingerprint density at radius 2 is 0.917 bits per heavy atom. The van der Waals surface area contributed by atoms with Crippen molar-refractivity contribution >= 4 is 81.7 Å². The highest BCUT2D eigenvalue weighted by Gasteiger charge is 2.57. The lowest BCUT2D eigenvalue weighted by Crippen LogP contribution is -2.49. The third-order valence-corrected chi connectivity index (χ3v) is 8.61. The van der Waals surface area contributed by atoms with E-state index in [4.69, 9.17) is 46.4 Å². The number of hydrazine groups is 1. The second-order valence-electron chi connectivity index (χ2n) is 5.43. The quantitative estimate of drug-likeness (QED) is 0.363. The number of nitrogens with zero attached hydrogens (tertiary/aromatic N) is 2. The molecule has 0 atom stereocenters. The van der Waals surface area contributed by atoms with Crippen LogP contribution in [0.2, 0.25) is 0 Å². The molecule has 0 N–H and O–H groups in total. The van der Waals surface area contributed by atoms with Crippen LogP contribution in [-0.4, -0.2) is 7.33 Å². The molecule has 1 fully saturated rings. The molecule has 2 aromatic rings. The highest BCUT2D eigenvalue weighted by molar-refractivity contribution is 8.13. The fourth-order valence-corrected chi connectivity index (χ4v) is 5.12. The molecule has 24 heavy (non-hydrogen) atoms. The van der Waals surface area contributed by atoms with E-state index >= 15 is 0 Å². The highest BCUT2D eigenvalue weighted by atomic mass is 35.5. The van der Waals surface area contributed by atoms with E-state index < -0.39 is 7.33 Å². The van der Waals surface area contributed by atoms with Gasteiger partial charge >= 0.3 is 0 Å². The number of hydrogen-bond donors (Lipinski definition) is 0. The molecule has 0 unspecified atom stereocenters. The Bertz CT molecular complexity index is 656. The number of anilines is 2. The molecule has 8 heteroatoms. The third-order valence-electron chi connectivity index (χ3n) is 3.42. The predicted octanol–water partition coefficient (Wildman–Crippen LogP) is 7.10. The molecule has 0 aliphatic carbocycles. The normalized spacial score (nSPS) is 19.4. The SMILES string of the molecule is Cc1ccc(N2SC(Cl)(Cl)C(Cl)(Cl)SN2c2ccc(C)cc2)cc1. The number of alkyl halides is 4. The predicted molar refractivity (Wildman–Crippen MR) is 111 cm³/mol. The summed E-state index contributed by atoms with van der Waals surface area (Å²) in [6.07, 6.45) is 0. The fourth-order valence-electron chi connectivity index (χ4n) is 2.06. The van der Waals surface area contributed by atoms with Crippen molar-refractivity contribution in [1.29, 1.82) is 0 Å². The van der Waals surface area contributed by atoms with Crippen molar-refractivity contribution in [3.63, 3.8) is 0 Å². The Balaban J connectivity index is 2.03. The first kappa shape index (κ1) is 18.7. The van der Waals surface area contributed by atoms with Gasteiger partial charge in [0.1, 0.15) is 0 Å². The summed E-state index contributed by atoms with van der Waals surface area (Å²) in [6, 6.07) is 16.1. The lowest BCUT2D eigenvalue weighted by Gasteiger charge is -2.48. The summed E-state index contributed by atoms with van der Waals surface area (Å²) < 4.78 is 0.981. The van der Waals surface area contributed by atoms with Crippen molar-refractivity contribution in [3.8, 4) is 0 Å². The fraction of sp³-hybridized carbons (Fsp3) is 0.250. The van der Waals surface area contributed by atoms with Crippen LogP contribution in [0.5, 0.6) is 0 Å². The second-order valence-corrected chi connectivity index (χ2v) is 11.3. The Kier molecular flexibility index (Phi) is 5.37. The van der Waals surface area contributed by atoms with E-state index in [-0.39, 0.29) is 0 Å². The van der Waals surface area contributed by atoms with Gasteiger partial charge in [0.15, 0.2) is 0 Å². The van der Waals surface area contributed by atoms with Crippen LogP contribution in [-0.2, 0) is 0 Å². The van der Waals surface area contributed by atoms with Crippen LogP contribution in [0, 0.1) is 13.8 Å². The van der Waals surface area contributed by atoms with Crippen molar-refractivity contribution in [1.82, 2.24) is 0 Å². The molecule has 0 saturated carbocycles. The summed E-state index contributed by atoms with van der Waals surface area (Å²) in [4.78, 5) is 0. The van der Waals surface area contributed by atoms with Crippen molar-refractivity contribution < 1.29 is 0 Å². The molecule has 0 radical (unpaired) electrons. The maximum Gasteiger partial charge on any atom is 0.227 e. The van der Waals surface area contributed by atoms with E-state index in [1.54, 1.807) is 0 Å². The molecule has 1 heterocycles. The maximum absolute atomic E-state index is 6.39. The Morgan fingerprint density at radius 3 is 1.21 bits per heavy atom. The van der Waals surface area contributed by atoms with Crippen molar-refractivity contribution in [2.45, 2.75) is 21.2 Å². The molecule has 1 saturated heterocycles. The molecule has 0 aromatic heterocycles. The van der Waals surface area contributed by atoms with Gasteiger partial charge in [0.05, 0.1) is 11.4 Å². The molecule has 0 bridgehead atoms. The van der Waals surface area contributed by atoms with Gasteiger partial charge in [0, 0.05) is 23.9 Å². The third kappa shape index (κ3) is 3.69. The van der Waals surface area contributed by atoms with E-state index in [1.165, 1.54) is 35.0 Å². The maximum atomic E-state index is 6.39. The minimum absolute atomic E-state index is 0.924. The van der Waals surface area contributed by atoms with E-state index in [0.29, 0.717) is 0 Å². The lowest BCUT2D eigenvalue weighted by atomic mass is 10.2. The number of hydrogen-bond acceptors (Lipinski definition) is 4. The van der Waals surface area contributed by atoms with Gasteiger partial charge in [-0.3, -0.25) is 0 Å². The highest BCUT2D eigenvalue weighted by Crippen LogP contribution is 2.63. The van der Waals surface area contributed by atoms with Gasteiger partial charge in [-0.05, 0) is 38.1 Å². The van der Waals surface area contributed by atoms with Gasteiger partial charge in [-0.25, -0.2) is 8.83 Å². The monoisotopic (exact) mass is 438 g/mol. The van der Waals surface area contributed by atoms with Crippen LogP contribution in [0.1, 0.15) is 11.1 Å². The summed E-state index contributed by atoms with van der Waals surface area (Å²) in [5, 5.41) is 0. The van der Waals surface area contributed by atoms with Gasteiger partial charge in [-0.2, -0.15) is 0 Å². The van der Waals surface area contributed by atoms with Crippen LogP contribution < -0.4 is 8.83 Å². The zero-order valence-electron chi connectivity index (χ0n) is 12.8. The summed E-state index contributed by atoms with van der Waals surface area (Å²) in [5.41, 5.74) is 4.19. The zero-order chi connectivity index (χ0) is 17.5. The van der Waals surface area contributed by atoms with Crippen LogP contribution in [0.25, 0.3) is 0 Å². The summed E-state index contributed by atoms with van der Waals surface area (Å²) >= 11 is 27.9.